The molecule has 15 heavy (non-hydrogen) atoms. The maximum atomic E-state index is 11.2. The first-order valence-electron chi connectivity index (χ1n) is 4.54. The minimum atomic E-state index is -3.74. The van der Waals surface area contributed by atoms with Crippen LogP contribution >= 0.6 is 0 Å². The second-order valence-corrected chi connectivity index (χ2v) is 5.24. The number of hydrogen-bond acceptors (Lipinski definition) is 5. The number of hydrazine groups is 1. The van der Waals surface area contributed by atoms with Gasteiger partial charge in [-0.15, -0.1) is 4.83 Å². The Bertz CT molecular complexity index is 321. The van der Waals surface area contributed by atoms with Gasteiger partial charge in [0.05, 0.1) is 0 Å². The summed E-state index contributed by atoms with van der Waals surface area (Å²) in [5.41, 5.74) is 0. The van der Waals surface area contributed by atoms with Crippen molar-refractivity contribution in [1.82, 2.24) is 14.7 Å². The fourth-order valence-electron chi connectivity index (χ4n) is 1.29. The second-order valence-electron chi connectivity index (χ2n) is 3.53. The molecule has 0 aromatic carbocycles. The van der Waals surface area contributed by atoms with Crippen molar-refractivity contribution in [3.63, 3.8) is 0 Å². The largest absolute Gasteiger partial charge is 0.480 e. The summed E-state index contributed by atoms with van der Waals surface area (Å²) in [6, 6.07) is 0. The molecule has 0 bridgehead atoms. The summed E-state index contributed by atoms with van der Waals surface area (Å²) in [5.74, 6) is -2.24. The average molecular weight is 237 g/mol. The fourth-order valence-corrected chi connectivity index (χ4v) is 2.25. The molecule has 0 saturated carbocycles. The predicted octanol–water partition coefficient (Wildman–Crippen LogP) is -1.85. The lowest BCUT2D eigenvalue weighted by Crippen LogP contribution is -2.53. The molecule has 1 fully saturated rings. The zero-order valence-corrected chi connectivity index (χ0v) is 9.33. The van der Waals surface area contributed by atoms with Crippen LogP contribution in [-0.4, -0.2) is 68.4 Å². The summed E-state index contributed by atoms with van der Waals surface area (Å²) in [4.78, 5) is 14.6. The van der Waals surface area contributed by atoms with Crippen molar-refractivity contribution >= 4 is 16.0 Å². The summed E-state index contributed by atoms with van der Waals surface area (Å²) >= 11 is 0. The molecule has 1 rings (SSSR count). The Hall–Kier alpha value is -0.700. The molecule has 0 atom stereocenters. The van der Waals surface area contributed by atoms with E-state index in [1.165, 1.54) is 5.01 Å². The Morgan fingerprint density at radius 2 is 1.87 bits per heavy atom. The first-order chi connectivity index (χ1) is 6.89. The lowest BCUT2D eigenvalue weighted by molar-refractivity contribution is -0.134. The average Bonchev–Trinajstić information content (AvgIpc) is 2.06. The van der Waals surface area contributed by atoms with Crippen molar-refractivity contribution in [3.05, 3.63) is 0 Å². The molecular weight excluding hydrogens is 222 g/mol. The van der Waals surface area contributed by atoms with Crippen LogP contribution in [0.2, 0.25) is 0 Å². The van der Waals surface area contributed by atoms with E-state index in [9.17, 15) is 13.2 Å². The number of carboxylic acid groups (broad SMARTS) is 1. The standard InChI is InChI=1S/C7H15N3O4S/c1-9-2-4-10(5-3-9)8-15(13,14)6-7(11)12/h8H,2-6H2,1H3,(H,11,12). The van der Waals surface area contributed by atoms with Gasteiger partial charge in [0.25, 0.3) is 0 Å². The van der Waals surface area contributed by atoms with E-state index in [0.717, 1.165) is 13.1 Å². The molecule has 2 N–H and O–H groups in total. The SMILES string of the molecule is CN1CCN(NS(=O)(=O)CC(=O)O)CC1. The van der Waals surface area contributed by atoms with Crippen LogP contribution in [0.15, 0.2) is 0 Å². The van der Waals surface area contributed by atoms with Gasteiger partial charge in [0.2, 0.25) is 10.0 Å². The Kier molecular flexibility index (Phi) is 4.03. The summed E-state index contributed by atoms with van der Waals surface area (Å²) in [5, 5.41) is 9.90. The number of hydrogen-bond donors (Lipinski definition) is 2. The molecule has 0 aromatic rings. The van der Waals surface area contributed by atoms with E-state index in [0.29, 0.717) is 13.1 Å². The fraction of sp³-hybridized carbons (Fsp3) is 0.857. The highest BCUT2D eigenvalue weighted by molar-refractivity contribution is 7.90. The predicted molar refractivity (Wildman–Crippen MR) is 53.6 cm³/mol. The minimum Gasteiger partial charge on any atom is -0.480 e. The lowest BCUT2D eigenvalue weighted by Gasteiger charge is -2.31. The van der Waals surface area contributed by atoms with Crippen molar-refractivity contribution in [3.8, 4) is 0 Å². The molecule has 0 unspecified atom stereocenters. The van der Waals surface area contributed by atoms with Gasteiger partial charge >= 0.3 is 5.97 Å². The van der Waals surface area contributed by atoms with Gasteiger partial charge in [-0.25, -0.2) is 13.4 Å². The van der Waals surface area contributed by atoms with Crippen LogP contribution < -0.4 is 4.83 Å². The molecular formula is C7H15N3O4S. The van der Waals surface area contributed by atoms with Crippen LogP contribution in [0.3, 0.4) is 0 Å². The minimum absolute atomic E-state index is 0.565. The molecule has 1 aliphatic rings. The molecule has 0 amide bonds. The van der Waals surface area contributed by atoms with Gasteiger partial charge in [0, 0.05) is 26.2 Å². The molecule has 7 nitrogen and oxygen atoms in total. The Morgan fingerprint density at radius 1 is 1.33 bits per heavy atom. The smallest absolute Gasteiger partial charge is 0.320 e. The molecule has 1 saturated heterocycles. The third-order valence-corrected chi connectivity index (χ3v) is 3.25. The van der Waals surface area contributed by atoms with E-state index in [4.69, 9.17) is 5.11 Å². The van der Waals surface area contributed by atoms with E-state index in [1.807, 2.05) is 7.05 Å². The van der Waals surface area contributed by atoms with E-state index < -0.39 is 21.7 Å². The number of likely N-dealkylation sites (N-methyl/N-ethyl adjacent to an activating group) is 1. The van der Waals surface area contributed by atoms with E-state index in [-0.39, 0.29) is 0 Å². The topological polar surface area (TPSA) is 90.0 Å². The van der Waals surface area contributed by atoms with Gasteiger partial charge in [0.15, 0.2) is 5.75 Å². The van der Waals surface area contributed by atoms with E-state index >= 15 is 0 Å². The monoisotopic (exact) mass is 237 g/mol. The van der Waals surface area contributed by atoms with Crippen LogP contribution in [-0.2, 0) is 14.8 Å². The van der Waals surface area contributed by atoms with Gasteiger partial charge in [-0.3, -0.25) is 4.79 Å². The number of piperazine rings is 1. The van der Waals surface area contributed by atoms with Crippen LogP contribution in [0.5, 0.6) is 0 Å². The number of carbonyl (C=O) groups is 1. The molecule has 0 aromatic heterocycles. The third kappa shape index (κ3) is 4.56. The van der Waals surface area contributed by atoms with Crippen molar-refractivity contribution in [2.24, 2.45) is 0 Å². The molecule has 0 spiro atoms. The quantitative estimate of drug-likeness (QED) is 0.597. The van der Waals surface area contributed by atoms with Gasteiger partial charge < -0.3 is 10.0 Å². The molecule has 8 heteroatoms. The molecule has 0 radical (unpaired) electrons. The number of sulfonamides is 1. The van der Waals surface area contributed by atoms with Crippen LogP contribution in [0.25, 0.3) is 0 Å². The van der Waals surface area contributed by atoms with E-state index in [2.05, 4.69) is 9.73 Å². The van der Waals surface area contributed by atoms with Crippen molar-refractivity contribution in [2.75, 3.05) is 39.0 Å². The number of aliphatic carboxylic acids is 1. The van der Waals surface area contributed by atoms with Crippen molar-refractivity contribution in [2.45, 2.75) is 0 Å². The summed E-state index contributed by atoms with van der Waals surface area (Å²) in [7, 11) is -1.79. The van der Waals surface area contributed by atoms with Crippen LogP contribution in [0, 0.1) is 0 Å². The van der Waals surface area contributed by atoms with Gasteiger partial charge in [-0.2, -0.15) is 0 Å². The Labute approximate surface area is 88.7 Å². The number of nitrogens with zero attached hydrogens (tertiary/aromatic N) is 2. The third-order valence-electron chi connectivity index (χ3n) is 2.08. The molecule has 0 aliphatic carbocycles. The first kappa shape index (κ1) is 12.4. The van der Waals surface area contributed by atoms with Gasteiger partial charge in [-0.05, 0) is 7.05 Å². The second kappa shape index (κ2) is 4.88. The lowest BCUT2D eigenvalue weighted by atomic mass is 10.4. The summed E-state index contributed by atoms with van der Waals surface area (Å²) in [6.07, 6.45) is 0. The maximum Gasteiger partial charge on any atom is 0.320 e. The highest BCUT2D eigenvalue weighted by Crippen LogP contribution is 1.97. The van der Waals surface area contributed by atoms with Gasteiger partial charge in [-0.1, -0.05) is 0 Å². The number of nitrogens with one attached hydrogen (secondary N) is 1. The van der Waals surface area contributed by atoms with Crippen LogP contribution in [0.1, 0.15) is 0 Å². The number of carboxylic acids is 1. The number of rotatable bonds is 4. The molecule has 88 valence electrons. The maximum absolute atomic E-state index is 11.2. The van der Waals surface area contributed by atoms with Gasteiger partial charge in [0.1, 0.15) is 0 Å². The summed E-state index contributed by atoms with van der Waals surface area (Å²) in [6.45, 7) is 2.65. The highest BCUT2D eigenvalue weighted by atomic mass is 32.2. The first-order valence-corrected chi connectivity index (χ1v) is 6.20. The van der Waals surface area contributed by atoms with Crippen molar-refractivity contribution < 1.29 is 18.3 Å². The summed E-state index contributed by atoms with van der Waals surface area (Å²) < 4.78 is 22.5. The Morgan fingerprint density at radius 3 is 2.33 bits per heavy atom. The highest BCUT2D eigenvalue weighted by Gasteiger charge is 2.21. The van der Waals surface area contributed by atoms with Crippen LogP contribution in [0.4, 0.5) is 0 Å². The normalized spacial score (nSPS) is 20.3. The van der Waals surface area contributed by atoms with E-state index in [1.54, 1.807) is 0 Å². The molecule has 1 aliphatic heterocycles. The zero-order valence-electron chi connectivity index (χ0n) is 8.51. The Balaban J connectivity index is 2.44. The zero-order chi connectivity index (χ0) is 11.5. The molecule has 1 heterocycles. The van der Waals surface area contributed by atoms with Crippen molar-refractivity contribution in [1.29, 1.82) is 0 Å².